The summed E-state index contributed by atoms with van der Waals surface area (Å²) in [6.07, 6.45) is 2.50. The van der Waals surface area contributed by atoms with Crippen LogP contribution in [0, 0.1) is 11.8 Å². The molecular weight excluding hydrogens is 306 g/mol. The lowest BCUT2D eigenvalue weighted by Crippen LogP contribution is -2.31. The Balaban J connectivity index is 2.07. The van der Waals surface area contributed by atoms with Gasteiger partial charge in [-0.15, -0.1) is 0 Å². The van der Waals surface area contributed by atoms with Crippen molar-refractivity contribution in [2.75, 3.05) is 11.9 Å². The van der Waals surface area contributed by atoms with E-state index in [-0.39, 0.29) is 11.8 Å². The Bertz CT molecular complexity index is 561. The lowest BCUT2D eigenvalue weighted by Gasteiger charge is -2.26. The van der Waals surface area contributed by atoms with Crippen molar-refractivity contribution in [3.63, 3.8) is 0 Å². The highest BCUT2D eigenvalue weighted by atomic mass is 35.5. The third-order valence-electron chi connectivity index (χ3n) is 3.90. The minimum absolute atomic E-state index is 0.158. The van der Waals surface area contributed by atoms with Crippen molar-refractivity contribution in [1.82, 2.24) is 0 Å². The summed E-state index contributed by atoms with van der Waals surface area (Å²) in [6.45, 7) is 2.32. The summed E-state index contributed by atoms with van der Waals surface area (Å²) in [4.78, 5) is 23.5. The number of rotatable bonds is 5. The Kier molecular flexibility index (Phi) is 5.66. The van der Waals surface area contributed by atoms with E-state index in [1.165, 1.54) is 0 Å². The Morgan fingerprint density at radius 3 is 2.77 bits per heavy atom. The second-order valence-electron chi connectivity index (χ2n) is 5.46. The summed E-state index contributed by atoms with van der Waals surface area (Å²) >= 11 is 5.93. The summed E-state index contributed by atoms with van der Waals surface area (Å²) in [7, 11) is 0. The minimum atomic E-state index is -0.820. The monoisotopic (exact) mass is 325 g/mol. The molecule has 22 heavy (non-hydrogen) atoms. The molecule has 2 N–H and O–H groups in total. The first-order chi connectivity index (χ1) is 10.5. The van der Waals surface area contributed by atoms with Gasteiger partial charge < -0.3 is 15.2 Å². The number of hydrogen-bond donors (Lipinski definition) is 2. The number of halogens is 1. The lowest BCUT2D eigenvalue weighted by atomic mass is 9.81. The highest BCUT2D eigenvalue weighted by Gasteiger charge is 2.31. The molecular formula is C16H20ClNO4. The van der Waals surface area contributed by atoms with E-state index in [9.17, 15) is 9.59 Å². The molecule has 1 aliphatic rings. The van der Waals surface area contributed by atoms with Crippen LogP contribution < -0.4 is 10.1 Å². The van der Waals surface area contributed by atoms with Crippen molar-refractivity contribution in [3.05, 3.63) is 23.2 Å². The first kappa shape index (κ1) is 16.6. The van der Waals surface area contributed by atoms with Crippen LogP contribution in [0.15, 0.2) is 18.2 Å². The molecule has 2 unspecified atom stereocenters. The molecule has 1 amide bonds. The third-order valence-corrected chi connectivity index (χ3v) is 4.13. The van der Waals surface area contributed by atoms with Gasteiger partial charge in [-0.05, 0) is 38.3 Å². The van der Waals surface area contributed by atoms with Crippen molar-refractivity contribution in [2.24, 2.45) is 11.8 Å². The topological polar surface area (TPSA) is 75.6 Å². The van der Waals surface area contributed by atoms with Gasteiger partial charge in [0.1, 0.15) is 5.75 Å². The Labute approximate surface area is 134 Å². The molecule has 1 aromatic carbocycles. The molecule has 0 bridgehead atoms. The van der Waals surface area contributed by atoms with Gasteiger partial charge in [-0.2, -0.15) is 0 Å². The number of aliphatic carboxylic acids is 1. The number of amides is 1. The molecule has 2 rings (SSSR count). The predicted octanol–water partition coefficient (Wildman–Crippen LogP) is 3.57. The summed E-state index contributed by atoms with van der Waals surface area (Å²) < 4.78 is 5.47. The van der Waals surface area contributed by atoms with Crippen molar-refractivity contribution < 1.29 is 19.4 Å². The van der Waals surface area contributed by atoms with E-state index in [2.05, 4.69) is 5.32 Å². The van der Waals surface area contributed by atoms with Crippen molar-refractivity contribution in [2.45, 2.75) is 32.6 Å². The summed E-state index contributed by atoms with van der Waals surface area (Å²) in [6, 6.07) is 5.03. The second kappa shape index (κ2) is 7.49. The molecule has 120 valence electrons. The Morgan fingerprint density at radius 2 is 2.09 bits per heavy atom. The van der Waals surface area contributed by atoms with Gasteiger partial charge in [0.25, 0.3) is 0 Å². The maximum Gasteiger partial charge on any atom is 0.306 e. The zero-order valence-corrected chi connectivity index (χ0v) is 13.2. The van der Waals surface area contributed by atoms with E-state index >= 15 is 0 Å². The molecule has 1 aromatic rings. The van der Waals surface area contributed by atoms with Gasteiger partial charge in [-0.3, -0.25) is 9.59 Å². The molecule has 0 aliphatic heterocycles. The maximum atomic E-state index is 12.4. The first-order valence-electron chi connectivity index (χ1n) is 7.47. The largest absolute Gasteiger partial charge is 0.492 e. The fraction of sp³-hybridized carbons (Fsp3) is 0.500. The van der Waals surface area contributed by atoms with Crippen LogP contribution in [0.3, 0.4) is 0 Å². The van der Waals surface area contributed by atoms with Gasteiger partial charge in [0.2, 0.25) is 5.91 Å². The average molecular weight is 326 g/mol. The highest BCUT2D eigenvalue weighted by molar-refractivity contribution is 6.30. The zero-order chi connectivity index (χ0) is 16.1. The number of carbonyl (C=O) groups is 2. The number of carboxylic acid groups (broad SMARTS) is 1. The molecule has 0 radical (unpaired) electrons. The van der Waals surface area contributed by atoms with E-state index < -0.39 is 11.9 Å². The first-order valence-corrected chi connectivity index (χ1v) is 7.85. The molecule has 2 atom stereocenters. The summed E-state index contributed by atoms with van der Waals surface area (Å²) in [5.74, 6) is -1.16. The number of nitrogens with one attached hydrogen (secondary N) is 1. The number of hydrogen-bond acceptors (Lipinski definition) is 3. The highest BCUT2D eigenvalue weighted by Crippen LogP contribution is 2.32. The standard InChI is InChI=1S/C16H20ClNO4/c1-2-22-14-9-12(17)6-7-13(14)18-15(19)10-4-3-5-11(8-10)16(20)21/h6-7,9-11H,2-5,8H2,1H3,(H,18,19)(H,20,21). The van der Waals surface area contributed by atoms with Crippen LogP contribution in [-0.4, -0.2) is 23.6 Å². The average Bonchev–Trinajstić information content (AvgIpc) is 2.50. The molecule has 1 saturated carbocycles. The zero-order valence-electron chi connectivity index (χ0n) is 12.5. The van der Waals surface area contributed by atoms with E-state index in [0.29, 0.717) is 42.3 Å². The molecule has 0 heterocycles. The third kappa shape index (κ3) is 4.13. The van der Waals surface area contributed by atoms with Gasteiger partial charge in [0.15, 0.2) is 0 Å². The lowest BCUT2D eigenvalue weighted by molar-refractivity contribution is -0.143. The SMILES string of the molecule is CCOc1cc(Cl)ccc1NC(=O)C1CCCC(C(=O)O)C1. The van der Waals surface area contributed by atoms with Crippen LogP contribution in [0.1, 0.15) is 32.6 Å². The smallest absolute Gasteiger partial charge is 0.306 e. The Morgan fingerprint density at radius 1 is 1.36 bits per heavy atom. The van der Waals surface area contributed by atoms with Crippen molar-refractivity contribution in [3.8, 4) is 5.75 Å². The number of anilines is 1. The van der Waals surface area contributed by atoms with Crippen molar-refractivity contribution >= 4 is 29.2 Å². The van der Waals surface area contributed by atoms with Crippen LogP contribution in [0.4, 0.5) is 5.69 Å². The number of carbonyl (C=O) groups excluding carboxylic acids is 1. The molecule has 5 nitrogen and oxygen atoms in total. The maximum absolute atomic E-state index is 12.4. The molecule has 0 aromatic heterocycles. The minimum Gasteiger partial charge on any atom is -0.492 e. The van der Waals surface area contributed by atoms with Crippen LogP contribution in [0.2, 0.25) is 5.02 Å². The predicted molar refractivity (Wildman–Crippen MR) is 84.3 cm³/mol. The van der Waals surface area contributed by atoms with E-state index in [0.717, 1.165) is 6.42 Å². The van der Waals surface area contributed by atoms with Crippen LogP contribution in [0.5, 0.6) is 5.75 Å². The number of benzene rings is 1. The van der Waals surface area contributed by atoms with Crippen LogP contribution >= 0.6 is 11.6 Å². The number of carboxylic acids is 1. The molecule has 1 aliphatic carbocycles. The molecule has 0 spiro atoms. The molecule has 0 saturated heterocycles. The molecule has 6 heteroatoms. The van der Waals surface area contributed by atoms with E-state index in [1.807, 2.05) is 6.92 Å². The fourth-order valence-electron chi connectivity index (χ4n) is 2.76. The van der Waals surface area contributed by atoms with E-state index in [1.54, 1.807) is 18.2 Å². The van der Waals surface area contributed by atoms with Crippen LogP contribution in [-0.2, 0) is 9.59 Å². The normalized spacial score (nSPS) is 21.2. The van der Waals surface area contributed by atoms with Gasteiger partial charge in [0, 0.05) is 17.0 Å². The van der Waals surface area contributed by atoms with Gasteiger partial charge in [0.05, 0.1) is 18.2 Å². The second-order valence-corrected chi connectivity index (χ2v) is 5.90. The van der Waals surface area contributed by atoms with Crippen molar-refractivity contribution in [1.29, 1.82) is 0 Å². The van der Waals surface area contributed by atoms with Crippen LogP contribution in [0.25, 0.3) is 0 Å². The van der Waals surface area contributed by atoms with Gasteiger partial charge in [-0.1, -0.05) is 18.0 Å². The number of ether oxygens (including phenoxy) is 1. The summed E-state index contributed by atoms with van der Waals surface area (Å²) in [5.41, 5.74) is 0.564. The summed E-state index contributed by atoms with van der Waals surface area (Å²) in [5, 5.41) is 12.5. The quantitative estimate of drug-likeness (QED) is 0.867. The van der Waals surface area contributed by atoms with E-state index in [4.69, 9.17) is 21.4 Å². The fourth-order valence-corrected chi connectivity index (χ4v) is 2.92. The Hall–Kier alpha value is -1.75. The molecule has 1 fully saturated rings. The van der Waals surface area contributed by atoms with Gasteiger partial charge in [-0.25, -0.2) is 0 Å². The van der Waals surface area contributed by atoms with Gasteiger partial charge >= 0.3 is 5.97 Å².